The highest BCUT2D eigenvalue weighted by atomic mass is 32.2. The Morgan fingerprint density at radius 2 is 2.11 bits per heavy atom. The first kappa shape index (κ1) is 20.0. The Labute approximate surface area is 167 Å². The second kappa shape index (κ2) is 9.95. The molecule has 8 nitrogen and oxygen atoms in total. The normalized spacial score (nSPS) is 11.0. The smallest absolute Gasteiger partial charge is 0.295 e. The van der Waals surface area contributed by atoms with Crippen LogP contribution in [0.2, 0.25) is 0 Å². The molecule has 0 unspecified atom stereocenters. The SMILES string of the molecule is CN(C)Cc1ccc(CSCCNc2ncc(Oc3cccnc3)c(=O)[nH]2)o1. The zero-order chi connectivity index (χ0) is 19.8. The Balaban J connectivity index is 1.41. The van der Waals surface area contributed by atoms with E-state index in [1.54, 1.807) is 30.1 Å². The Kier molecular flexibility index (Phi) is 7.10. The van der Waals surface area contributed by atoms with Crippen molar-refractivity contribution in [2.75, 3.05) is 31.7 Å². The summed E-state index contributed by atoms with van der Waals surface area (Å²) in [5, 5.41) is 3.10. The van der Waals surface area contributed by atoms with E-state index in [1.165, 1.54) is 12.4 Å². The standard InChI is InChI=1S/C19H23N5O3S/c1-24(2)12-15-5-6-16(26-15)13-28-9-8-21-19-22-11-17(18(25)23-19)27-14-4-3-7-20-10-14/h3-7,10-11H,8-9,12-13H2,1-2H3,(H2,21,22,23,25). The predicted octanol–water partition coefficient (Wildman–Crippen LogP) is 2.96. The van der Waals surface area contributed by atoms with Crippen LogP contribution < -0.4 is 15.6 Å². The van der Waals surface area contributed by atoms with Gasteiger partial charge in [-0.25, -0.2) is 4.98 Å². The lowest BCUT2D eigenvalue weighted by molar-refractivity contribution is 0.344. The van der Waals surface area contributed by atoms with Gasteiger partial charge in [0.15, 0.2) is 0 Å². The molecule has 0 aromatic carbocycles. The fourth-order valence-electron chi connectivity index (χ4n) is 2.39. The van der Waals surface area contributed by atoms with Crippen LogP contribution in [0.4, 0.5) is 5.95 Å². The largest absolute Gasteiger partial charge is 0.464 e. The van der Waals surface area contributed by atoms with Gasteiger partial charge in [0.05, 0.1) is 24.7 Å². The molecule has 0 fully saturated rings. The van der Waals surface area contributed by atoms with Crippen LogP contribution in [0.3, 0.4) is 0 Å². The number of H-pyrrole nitrogens is 1. The topological polar surface area (TPSA) is 96.3 Å². The van der Waals surface area contributed by atoms with Crippen molar-refractivity contribution in [1.82, 2.24) is 19.9 Å². The minimum Gasteiger partial charge on any atom is -0.464 e. The van der Waals surface area contributed by atoms with Gasteiger partial charge in [0, 0.05) is 18.5 Å². The zero-order valence-corrected chi connectivity index (χ0v) is 16.7. The van der Waals surface area contributed by atoms with Gasteiger partial charge in [-0.1, -0.05) is 0 Å². The number of anilines is 1. The average molecular weight is 401 g/mol. The van der Waals surface area contributed by atoms with Crippen molar-refractivity contribution in [2.45, 2.75) is 12.3 Å². The molecule has 0 bridgehead atoms. The summed E-state index contributed by atoms with van der Waals surface area (Å²) in [5.74, 6) is 4.60. The summed E-state index contributed by atoms with van der Waals surface area (Å²) in [7, 11) is 4.02. The summed E-state index contributed by atoms with van der Waals surface area (Å²) < 4.78 is 11.2. The van der Waals surface area contributed by atoms with Crippen molar-refractivity contribution < 1.29 is 9.15 Å². The van der Waals surface area contributed by atoms with Crippen LogP contribution >= 0.6 is 11.8 Å². The van der Waals surface area contributed by atoms with Gasteiger partial charge in [-0.3, -0.25) is 14.8 Å². The van der Waals surface area contributed by atoms with E-state index in [4.69, 9.17) is 9.15 Å². The van der Waals surface area contributed by atoms with Gasteiger partial charge >= 0.3 is 0 Å². The summed E-state index contributed by atoms with van der Waals surface area (Å²) in [4.78, 5) is 25.0. The number of aromatic amines is 1. The Morgan fingerprint density at radius 1 is 1.25 bits per heavy atom. The molecule has 0 radical (unpaired) electrons. The Hall–Kier alpha value is -2.78. The highest BCUT2D eigenvalue weighted by molar-refractivity contribution is 7.98. The fraction of sp³-hybridized carbons (Fsp3) is 0.316. The molecule has 28 heavy (non-hydrogen) atoms. The summed E-state index contributed by atoms with van der Waals surface area (Å²) in [6.45, 7) is 1.47. The van der Waals surface area contributed by atoms with Crippen molar-refractivity contribution in [3.05, 3.63) is 64.7 Å². The van der Waals surface area contributed by atoms with Crippen LogP contribution in [0.15, 0.2) is 52.1 Å². The van der Waals surface area contributed by atoms with Crippen molar-refractivity contribution in [1.29, 1.82) is 0 Å². The van der Waals surface area contributed by atoms with E-state index in [2.05, 4.69) is 25.2 Å². The Morgan fingerprint density at radius 3 is 2.86 bits per heavy atom. The molecule has 2 N–H and O–H groups in total. The molecule has 0 saturated heterocycles. The van der Waals surface area contributed by atoms with Gasteiger partial charge in [0.25, 0.3) is 5.56 Å². The molecule has 0 amide bonds. The maximum absolute atomic E-state index is 12.1. The molecular formula is C19H23N5O3S. The highest BCUT2D eigenvalue weighted by Crippen LogP contribution is 2.17. The summed E-state index contributed by atoms with van der Waals surface area (Å²) >= 11 is 1.75. The lowest BCUT2D eigenvalue weighted by Crippen LogP contribution is -2.15. The molecule has 148 valence electrons. The van der Waals surface area contributed by atoms with Crippen LogP contribution in [0.1, 0.15) is 11.5 Å². The second-order valence-electron chi connectivity index (χ2n) is 6.30. The molecule has 9 heteroatoms. The Bertz CT molecular complexity index is 927. The van der Waals surface area contributed by atoms with Gasteiger partial charge in [0.2, 0.25) is 11.7 Å². The lowest BCUT2D eigenvalue weighted by Gasteiger charge is -2.07. The van der Waals surface area contributed by atoms with E-state index in [0.29, 0.717) is 18.2 Å². The molecule has 3 aromatic rings. The van der Waals surface area contributed by atoms with Gasteiger partial charge in [-0.15, -0.1) is 0 Å². The van der Waals surface area contributed by atoms with Gasteiger partial charge in [0.1, 0.15) is 17.3 Å². The molecule has 0 aliphatic rings. The maximum atomic E-state index is 12.1. The van der Waals surface area contributed by atoms with Crippen LogP contribution in [0.25, 0.3) is 0 Å². The van der Waals surface area contributed by atoms with E-state index < -0.39 is 0 Å². The minimum atomic E-state index is -0.349. The highest BCUT2D eigenvalue weighted by Gasteiger charge is 2.06. The third kappa shape index (κ3) is 6.14. The number of ether oxygens (including phenoxy) is 1. The van der Waals surface area contributed by atoms with E-state index in [-0.39, 0.29) is 11.3 Å². The number of nitrogens with one attached hydrogen (secondary N) is 2. The number of hydrogen-bond acceptors (Lipinski definition) is 8. The quantitative estimate of drug-likeness (QED) is 0.501. The van der Waals surface area contributed by atoms with Crippen LogP contribution in [0.5, 0.6) is 11.5 Å². The monoisotopic (exact) mass is 401 g/mol. The summed E-state index contributed by atoms with van der Waals surface area (Å²) in [5.41, 5.74) is -0.349. The molecule has 0 saturated carbocycles. The third-order valence-corrected chi connectivity index (χ3v) is 4.58. The van der Waals surface area contributed by atoms with E-state index in [0.717, 1.165) is 29.6 Å². The van der Waals surface area contributed by atoms with E-state index in [1.807, 2.05) is 26.2 Å². The van der Waals surface area contributed by atoms with Crippen molar-refractivity contribution in [2.24, 2.45) is 0 Å². The van der Waals surface area contributed by atoms with E-state index in [9.17, 15) is 4.79 Å². The molecule has 3 rings (SSSR count). The van der Waals surface area contributed by atoms with Crippen molar-refractivity contribution >= 4 is 17.7 Å². The van der Waals surface area contributed by atoms with Crippen LogP contribution in [-0.4, -0.2) is 46.2 Å². The van der Waals surface area contributed by atoms with Crippen molar-refractivity contribution in [3.8, 4) is 11.5 Å². The first-order valence-corrected chi connectivity index (χ1v) is 9.97. The lowest BCUT2D eigenvalue weighted by atomic mass is 10.4. The number of hydrogen-bond donors (Lipinski definition) is 2. The summed E-state index contributed by atoms with van der Waals surface area (Å²) in [6, 6.07) is 7.48. The zero-order valence-electron chi connectivity index (χ0n) is 15.8. The average Bonchev–Trinajstić information content (AvgIpc) is 3.11. The molecule has 0 aliphatic heterocycles. The number of pyridine rings is 1. The maximum Gasteiger partial charge on any atom is 0.295 e. The first-order valence-electron chi connectivity index (χ1n) is 8.81. The molecular weight excluding hydrogens is 378 g/mol. The molecule has 3 aromatic heterocycles. The minimum absolute atomic E-state index is 0.124. The number of aromatic nitrogens is 3. The van der Waals surface area contributed by atoms with Crippen LogP contribution in [0, 0.1) is 0 Å². The second-order valence-corrected chi connectivity index (χ2v) is 7.41. The molecule has 3 heterocycles. The third-order valence-electron chi connectivity index (χ3n) is 3.60. The van der Waals surface area contributed by atoms with Gasteiger partial charge < -0.3 is 19.4 Å². The fourth-order valence-corrected chi connectivity index (χ4v) is 3.14. The predicted molar refractivity (Wildman–Crippen MR) is 110 cm³/mol. The molecule has 0 spiro atoms. The number of rotatable bonds is 10. The first-order chi connectivity index (χ1) is 13.6. The van der Waals surface area contributed by atoms with Gasteiger partial charge in [-0.2, -0.15) is 11.8 Å². The van der Waals surface area contributed by atoms with Crippen molar-refractivity contribution in [3.63, 3.8) is 0 Å². The number of furan rings is 1. The van der Waals surface area contributed by atoms with Gasteiger partial charge in [-0.05, 0) is 38.4 Å². The summed E-state index contributed by atoms with van der Waals surface area (Å²) in [6.07, 6.45) is 4.57. The molecule has 0 aliphatic carbocycles. The number of nitrogens with zero attached hydrogens (tertiary/aromatic N) is 3. The van der Waals surface area contributed by atoms with E-state index >= 15 is 0 Å². The van der Waals surface area contributed by atoms with Crippen LogP contribution in [-0.2, 0) is 12.3 Å². The molecule has 0 atom stereocenters. The number of thioether (sulfide) groups is 1.